The maximum absolute atomic E-state index is 4.77. The highest BCUT2D eigenvalue weighted by Crippen LogP contribution is 2.33. The molecule has 1 aliphatic heterocycles. The van der Waals surface area contributed by atoms with Gasteiger partial charge in [-0.3, -0.25) is 0 Å². The summed E-state index contributed by atoms with van der Waals surface area (Å²) in [6, 6.07) is 6.71. The molecule has 3 aromatic rings. The summed E-state index contributed by atoms with van der Waals surface area (Å²) in [4.78, 5) is 5.74. The summed E-state index contributed by atoms with van der Waals surface area (Å²) in [6.07, 6.45) is 4.81. The summed E-state index contributed by atoms with van der Waals surface area (Å²) in [5, 5.41) is 10.3. The Hall–Kier alpha value is -2.08. The number of imidazole rings is 1. The molecule has 20 heavy (non-hydrogen) atoms. The minimum absolute atomic E-state index is 0.334. The van der Waals surface area contributed by atoms with Crippen LogP contribution < -0.4 is 5.32 Å². The molecule has 4 rings (SSSR count). The predicted octanol–water partition coefficient (Wildman–Crippen LogP) is 2.75. The van der Waals surface area contributed by atoms with Crippen molar-refractivity contribution < 1.29 is 0 Å². The maximum atomic E-state index is 4.77. The lowest BCUT2D eigenvalue weighted by Gasteiger charge is -2.24. The monoisotopic (exact) mass is 285 g/mol. The van der Waals surface area contributed by atoms with Crippen LogP contribution in [-0.2, 0) is 7.05 Å². The van der Waals surface area contributed by atoms with Gasteiger partial charge in [0.1, 0.15) is 11.5 Å². The molecule has 1 N–H and O–H groups in total. The van der Waals surface area contributed by atoms with Gasteiger partial charge in [0, 0.05) is 36.9 Å². The fraction of sp³-hybridized carbons (Fsp3) is 0.286. The highest BCUT2D eigenvalue weighted by Gasteiger charge is 2.24. The van der Waals surface area contributed by atoms with Gasteiger partial charge in [-0.25, -0.2) is 9.67 Å². The van der Waals surface area contributed by atoms with Gasteiger partial charge in [0.25, 0.3) is 0 Å². The summed E-state index contributed by atoms with van der Waals surface area (Å²) in [7, 11) is 1.99. The van der Waals surface area contributed by atoms with E-state index in [1.807, 2.05) is 17.8 Å². The van der Waals surface area contributed by atoms with Gasteiger partial charge in [-0.15, -0.1) is 11.3 Å². The number of hydrogen-bond donors (Lipinski definition) is 1. The molecule has 6 heteroatoms. The van der Waals surface area contributed by atoms with Crippen LogP contribution in [0.5, 0.6) is 0 Å². The summed E-state index contributed by atoms with van der Waals surface area (Å²) < 4.78 is 4.09. The van der Waals surface area contributed by atoms with Crippen LogP contribution >= 0.6 is 11.3 Å². The van der Waals surface area contributed by atoms with Gasteiger partial charge in [0.15, 0.2) is 5.82 Å². The molecule has 1 aliphatic rings. The Morgan fingerprint density at radius 3 is 3.15 bits per heavy atom. The molecule has 0 fully saturated rings. The lowest BCUT2D eigenvalue weighted by molar-refractivity contribution is 0.489. The van der Waals surface area contributed by atoms with Crippen molar-refractivity contribution in [3.8, 4) is 11.5 Å². The first-order chi connectivity index (χ1) is 9.83. The minimum atomic E-state index is 0.334. The van der Waals surface area contributed by atoms with E-state index in [2.05, 4.69) is 38.6 Å². The van der Waals surface area contributed by atoms with Crippen LogP contribution in [0.3, 0.4) is 0 Å². The van der Waals surface area contributed by atoms with Crippen LogP contribution in [0.1, 0.15) is 17.3 Å². The van der Waals surface area contributed by atoms with E-state index in [9.17, 15) is 0 Å². The zero-order valence-electron chi connectivity index (χ0n) is 11.2. The fourth-order valence-electron chi connectivity index (χ4n) is 2.69. The quantitative estimate of drug-likeness (QED) is 0.787. The van der Waals surface area contributed by atoms with Crippen molar-refractivity contribution in [1.29, 1.82) is 0 Å². The van der Waals surface area contributed by atoms with E-state index in [0.29, 0.717) is 6.04 Å². The Balaban J connectivity index is 1.80. The number of hydrogen-bond acceptors (Lipinski definition) is 4. The summed E-state index contributed by atoms with van der Waals surface area (Å²) >= 11 is 1.79. The first-order valence-electron chi connectivity index (χ1n) is 6.67. The van der Waals surface area contributed by atoms with Crippen molar-refractivity contribution in [3.63, 3.8) is 0 Å². The number of anilines is 1. The normalized spacial score (nSPS) is 17.8. The van der Waals surface area contributed by atoms with Crippen molar-refractivity contribution in [3.05, 3.63) is 40.8 Å². The third-order valence-corrected chi connectivity index (χ3v) is 4.65. The van der Waals surface area contributed by atoms with E-state index in [1.165, 1.54) is 4.88 Å². The predicted molar refractivity (Wildman–Crippen MR) is 80.0 cm³/mol. The fourth-order valence-corrected chi connectivity index (χ4v) is 3.53. The van der Waals surface area contributed by atoms with Crippen molar-refractivity contribution >= 4 is 17.2 Å². The number of nitrogens with zero attached hydrogens (tertiary/aromatic N) is 4. The molecule has 0 amide bonds. The van der Waals surface area contributed by atoms with Gasteiger partial charge < -0.3 is 9.88 Å². The molecule has 0 radical (unpaired) electrons. The Bertz CT molecular complexity index is 725. The second-order valence-electron chi connectivity index (χ2n) is 4.97. The molecule has 0 bridgehead atoms. The van der Waals surface area contributed by atoms with Gasteiger partial charge in [0.2, 0.25) is 0 Å². The molecule has 1 unspecified atom stereocenters. The van der Waals surface area contributed by atoms with Crippen LogP contribution in [0.15, 0.2) is 36.0 Å². The van der Waals surface area contributed by atoms with Crippen molar-refractivity contribution in [2.24, 2.45) is 7.05 Å². The molecule has 0 spiro atoms. The van der Waals surface area contributed by atoms with Gasteiger partial charge in [-0.1, -0.05) is 6.07 Å². The van der Waals surface area contributed by atoms with E-state index in [1.54, 1.807) is 17.5 Å². The topological polar surface area (TPSA) is 47.7 Å². The third-order valence-electron chi connectivity index (χ3n) is 3.68. The Morgan fingerprint density at radius 1 is 1.45 bits per heavy atom. The molecular weight excluding hydrogens is 270 g/mol. The van der Waals surface area contributed by atoms with Gasteiger partial charge in [-0.2, -0.15) is 5.10 Å². The number of aryl methyl sites for hydroxylation is 1. The molecule has 3 aromatic heterocycles. The van der Waals surface area contributed by atoms with E-state index in [4.69, 9.17) is 5.10 Å². The molecule has 4 heterocycles. The molecule has 1 atom stereocenters. The molecule has 0 saturated heterocycles. The zero-order chi connectivity index (χ0) is 13.5. The van der Waals surface area contributed by atoms with E-state index >= 15 is 0 Å². The van der Waals surface area contributed by atoms with E-state index in [-0.39, 0.29) is 0 Å². The van der Waals surface area contributed by atoms with Gasteiger partial charge >= 0.3 is 0 Å². The molecule has 0 saturated carbocycles. The number of thiophene rings is 1. The summed E-state index contributed by atoms with van der Waals surface area (Å²) in [5.41, 5.74) is 0.920. The standard InChI is InChI=1S/C14H15N5S/c1-18-7-6-16-14(18)10-9-13-15-5-4-11(19(13)17-10)12-3-2-8-20-12/h2-3,6-9,11,15H,4-5H2,1H3. The van der Waals surface area contributed by atoms with Crippen LogP contribution in [0.2, 0.25) is 0 Å². The number of nitrogens with one attached hydrogen (secondary N) is 1. The average molecular weight is 285 g/mol. The average Bonchev–Trinajstić information content (AvgIpc) is 3.17. The number of aromatic nitrogens is 4. The van der Waals surface area contributed by atoms with Crippen LogP contribution in [0, 0.1) is 0 Å². The first-order valence-corrected chi connectivity index (χ1v) is 7.55. The molecule has 0 aromatic carbocycles. The maximum Gasteiger partial charge on any atom is 0.160 e. The highest BCUT2D eigenvalue weighted by molar-refractivity contribution is 7.10. The smallest absolute Gasteiger partial charge is 0.160 e. The number of fused-ring (bicyclic) bond motifs is 1. The van der Waals surface area contributed by atoms with Crippen LogP contribution in [0.25, 0.3) is 11.5 Å². The van der Waals surface area contributed by atoms with Crippen molar-refractivity contribution in [1.82, 2.24) is 19.3 Å². The molecule has 0 aliphatic carbocycles. The highest BCUT2D eigenvalue weighted by atomic mass is 32.1. The summed E-state index contributed by atoms with van der Waals surface area (Å²) in [6.45, 7) is 0.980. The van der Waals surface area contributed by atoms with Crippen molar-refractivity contribution in [2.75, 3.05) is 11.9 Å². The molecular formula is C14H15N5S. The first kappa shape index (κ1) is 11.7. The lowest BCUT2D eigenvalue weighted by Crippen LogP contribution is -2.23. The number of rotatable bonds is 2. The Morgan fingerprint density at radius 2 is 2.40 bits per heavy atom. The second kappa shape index (κ2) is 4.49. The molecule has 102 valence electrons. The second-order valence-corrected chi connectivity index (χ2v) is 5.95. The zero-order valence-corrected chi connectivity index (χ0v) is 12.0. The van der Waals surface area contributed by atoms with E-state index < -0.39 is 0 Å². The van der Waals surface area contributed by atoms with Crippen LogP contribution in [-0.4, -0.2) is 25.9 Å². The molecule has 5 nitrogen and oxygen atoms in total. The van der Waals surface area contributed by atoms with E-state index in [0.717, 1.165) is 30.3 Å². The van der Waals surface area contributed by atoms with Gasteiger partial charge in [0.05, 0.1) is 6.04 Å². The summed E-state index contributed by atoms with van der Waals surface area (Å²) in [5.74, 6) is 1.98. The Labute approximate surface area is 120 Å². The van der Waals surface area contributed by atoms with Crippen molar-refractivity contribution in [2.45, 2.75) is 12.5 Å². The minimum Gasteiger partial charge on any atom is -0.370 e. The third kappa shape index (κ3) is 1.76. The lowest BCUT2D eigenvalue weighted by atomic mass is 10.1. The largest absolute Gasteiger partial charge is 0.370 e. The van der Waals surface area contributed by atoms with Gasteiger partial charge in [-0.05, 0) is 17.9 Å². The van der Waals surface area contributed by atoms with Crippen LogP contribution in [0.4, 0.5) is 5.82 Å². The Kier molecular flexibility index (Phi) is 2.63. The SMILES string of the molecule is Cn1ccnc1-c1cc2n(n1)C(c1cccs1)CCN2.